The lowest BCUT2D eigenvalue weighted by molar-refractivity contribution is 0.0697. The Kier molecular flexibility index (Phi) is 7.24. The highest BCUT2D eigenvalue weighted by Crippen LogP contribution is 2.38. The number of aromatic carboxylic acids is 1. The minimum absolute atomic E-state index is 0.00373. The Morgan fingerprint density at radius 2 is 1.71 bits per heavy atom. The molecule has 0 aliphatic carbocycles. The molecule has 1 amide bonds. The fourth-order valence-electron chi connectivity index (χ4n) is 4.70. The third-order valence-corrected chi connectivity index (χ3v) is 6.84. The summed E-state index contributed by atoms with van der Waals surface area (Å²) in [5.41, 5.74) is 4.55. The van der Waals surface area contributed by atoms with Crippen LogP contribution in [0.25, 0.3) is 33.5 Å². The van der Waals surface area contributed by atoms with Crippen molar-refractivity contribution in [3.8, 4) is 22.5 Å². The highest BCUT2D eigenvalue weighted by atomic mass is 35.5. The number of hydrogen-bond donors (Lipinski definition) is 3. The summed E-state index contributed by atoms with van der Waals surface area (Å²) in [5, 5.41) is 13.6. The Morgan fingerprint density at radius 3 is 2.45 bits per heavy atom. The van der Waals surface area contributed by atoms with Gasteiger partial charge in [-0.3, -0.25) is 4.79 Å². The van der Waals surface area contributed by atoms with E-state index in [1.165, 1.54) is 6.07 Å². The molecule has 1 atom stereocenters. The van der Waals surface area contributed by atoms with Crippen LogP contribution in [0, 0.1) is 0 Å². The Balaban J connectivity index is 1.54. The number of carbonyl (C=O) groups excluding carboxylic acids is 1. The Hall–Kier alpha value is -4.42. The molecule has 6 nitrogen and oxygen atoms in total. The third-order valence-electron chi connectivity index (χ3n) is 6.53. The van der Waals surface area contributed by atoms with Gasteiger partial charge in [0.05, 0.1) is 27.7 Å². The summed E-state index contributed by atoms with van der Waals surface area (Å²) in [4.78, 5) is 33.6. The molecule has 0 saturated heterocycles. The van der Waals surface area contributed by atoms with Crippen molar-refractivity contribution in [1.82, 2.24) is 15.3 Å². The number of para-hydroxylation sites is 2. The molecule has 38 heavy (non-hydrogen) atoms. The number of aromatic amines is 1. The van der Waals surface area contributed by atoms with E-state index in [0.29, 0.717) is 27.5 Å². The molecule has 5 aromatic rings. The summed E-state index contributed by atoms with van der Waals surface area (Å²) in [6, 6.07) is 27.3. The summed E-state index contributed by atoms with van der Waals surface area (Å²) in [6.45, 7) is 2.06. The number of carboxylic acids is 1. The Labute approximate surface area is 225 Å². The standard InChI is InChI=1S/C31H26ClN3O3/c1-2-9-25(19-10-4-3-5-11-19)35-30(36)20-16-17-21(23(18-20)31(37)38)22-12-8-13-24(32)28(22)29-33-26-14-6-7-15-27(26)34-29/h3-8,10-18,25H,2,9H2,1H3,(H,33,34)(H,35,36)(H,37,38)/t25-/m1/s1. The van der Waals surface area contributed by atoms with Gasteiger partial charge in [-0.2, -0.15) is 0 Å². The number of nitrogens with one attached hydrogen (secondary N) is 2. The molecule has 3 N–H and O–H groups in total. The maximum Gasteiger partial charge on any atom is 0.336 e. The van der Waals surface area contributed by atoms with Gasteiger partial charge in [0.15, 0.2) is 0 Å². The van der Waals surface area contributed by atoms with Crippen LogP contribution >= 0.6 is 11.6 Å². The van der Waals surface area contributed by atoms with Gasteiger partial charge in [0.1, 0.15) is 5.82 Å². The molecule has 0 fully saturated rings. The lowest BCUT2D eigenvalue weighted by Gasteiger charge is -2.19. The summed E-state index contributed by atoms with van der Waals surface area (Å²) in [7, 11) is 0. The van der Waals surface area contributed by atoms with E-state index in [-0.39, 0.29) is 23.1 Å². The number of imidazole rings is 1. The molecule has 0 bridgehead atoms. The van der Waals surface area contributed by atoms with E-state index in [0.717, 1.165) is 29.4 Å². The molecule has 0 unspecified atom stereocenters. The largest absolute Gasteiger partial charge is 0.478 e. The van der Waals surface area contributed by atoms with E-state index in [2.05, 4.69) is 22.2 Å². The predicted octanol–water partition coefficient (Wildman–Crippen LogP) is 7.52. The molecule has 0 aliphatic rings. The molecule has 1 aromatic heterocycles. The van der Waals surface area contributed by atoms with Crippen molar-refractivity contribution in [1.29, 1.82) is 0 Å². The van der Waals surface area contributed by atoms with Crippen molar-refractivity contribution in [3.63, 3.8) is 0 Å². The van der Waals surface area contributed by atoms with Crippen molar-refractivity contribution in [2.45, 2.75) is 25.8 Å². The first kappa shape index (κ1) is 25.2. The van der Waals surface area contributed by atoms with Gasteiger partial charge in [-0.15, -0.1) is 0 Å². The van der Waals surface area contributed by atoms with Gasteiger partial charge < -0.3 is 15.4 Å². The molecule has 0 radical (unpaired) electrons. The average Bonchev–Trinajstić information content (AvgIpc) is 3.36. The van der Waals surface area contributed by atoms with Crippen LogP contribution in [0.1, 0.15) is 52.1 Å². The maximum absolute atomic E-state index is 13.2. The summed E-state index contributed by atoms with van der Waals surface area (Å²) < 4.78 is 0. The lowest BCUT2D eigenvalue weighted by Crippen LogP contribution is -2.28. The van der Waals surface area contributed by atoms with Gasteiger partial charge in [0.2, 0.25) is 0 Å². The number of hydrogen-bond acceptors (Lipinski definition) is 3. The number of carbonyl (C=O) groups is 2. The molecule has 0 spiro atoms. The molecule has 5 rings (SSSR count). The second-order valence-corrected chi connectivity index (χ2v) is 9.46. The number of amides is 1. The van der Waals surface area contributed by atoms with E-state index in [4.69, 9.17) is 11.6 Å². The van der Waals surface area contributed by atoms with Crippen LogP contribution in [-0.2, 0) is 0 Å². The van der Waals surface area contributed by atoms with Crippen LogP contribution in [-0.4, -0.2) is 27.0 Å². The zero-order chi connectivity index (χ0) is 26.6. The molecule has 0 aliphatic heterocycles. The molecule has 190 valence electrons. The number of fused-ring (bicyclic) bond motifs is 1. The van der Waals surface area contributed by atoms with Gasteiger partial charge in [-0.05, 0) is 53.4 Å². The van der Waals surface area contributed by atoms with Crippen LogP contribution in [0.3, 0.4) is 0 Å². The van der Waals surface area contributed by atoms with E-state index in [1.54, 1.807) is 24.3 Å². The number of H-pyrrole nitrogens is 1. The van der Waals surface area contributed by atoms with E-state index >= 15 is 0 Å². The van der Waals surface area contributed by atoms with Gasteiger partial charge in [-0.1, -0.05) is 85.6 Å². The SMILES string of the molecule is CCC[C@@H](NC(=O)c1ccc(-c2cccc(Cl)c2-c2nc3ccccc3[nH]2)c(C(=O)O)c1)c1ccccc1. The van der Waals surface area contributed by atoms with Crippen molar-refractivity contribution < 1.29 is 14.7 Å². The molecular formula is C31H26ClN3O3. The predicted molar refractivity (Wildman–Crippen MR) is 150 cm³/mol. The molecule has 0 saturated carbocycles. The smallest absolute Gasteiger partial charge is 0.336 e. The van der Waals surface area contributed by atoms with Gasteiger partial charge in [0.25, 0.3) is 5.91 Å². The highest BCUT2D eigenvalue weighted by Gasteiger charge is 2.22. The minimum atomic E-state index is -1.14. The summed E-state index contributed by atoms with van der Waals surface area (Å²) in [6.07, 6.45) is 1.65. The quantitative estimate of drug-likeness (QED) is 0.196. The van der Waals surface area contributed by atoms with Crippen molar-refractivity contribution in [2.75, 3.05) is 0 Å². The molecule has 4 aromatic carbocycles. The fraction of sp³-hybridized carbons (Fsp3) is 0.129. The van der Waals surface area contributed by atoms with Gasteiger partial charge >= 0.3 is 5.97 Å². The lowest BCUT2D eigenvalue weighted by atomic mass is 9.93. The average molecular weight is 524 g/mol. The van der Waals surface area contributed by atoms with E-state index in [9.17, 15) is 14.7 Å². The van der Waals surface area contributed by atoms with Crippen molar-refractivity contribution >= 4 is 34.5 Å². The normalized spacial score (nSPS) is 11.8. The van der Waals surface area contributed by atoms with Gasteiger partial charge in [-0.25, -0.2) is 9.78 Å². The fourth-order valence-corrected chi connectivity index (χ4v) is 4.96. The zero-order valence-electron chi connectivity index (χ0n) is 20.7. The summed E-state index contributed by atoms with van der Waals surface area (Å²) in [5.74, 6) is -0.932. The van der Waals surface area contributed by atoms with Gasteiger partial charge in [0, 0.05) is 11.1 Å². The number of rotatable bonds is 8. The number of halogens is 1. The van der Waals surface area contributed by atoms with Crippen LogP contribution in [0.4, 0.5) is 0 Å². The van der Waals surface area contributed by atoms with E-state index < -0.39 is 5.97 Å². The van der Waals surface area contributed by atoms with Crippen molar-refractivity contribution in [2.24, 2.45) is 0 Å². The first-order valence-corrected chi connectivity index (χ1v) is 12.8. The minimum Gasteiger partial charge on any atom is -0.478 e. The number of carboxylic acid groups (broad SMARTS) is 1. The monoisotopic (exact) mass is 523 g/mol. The zero-order valence-corrected chi connectivity index (χ0v) is 21.5. The molecular weight excluding hydrogens is 498 g/mol. The molecule has 7 heteroatoms. The van der Waals surface area contributed by atoms with Crippen LogP contribution in [0.15, 0.2) is 91.0 Å². The van der Waals surface area contributed by atoms with Crippen LogP contribution < -0.4 is 5.32 Å². The number of benzene rings is 4. The first-order chi connectivity index (χ1) is 18.5. The number of aromatic nitrogens is 2. The Morgan fingerprint density at radius 1 is 0.947 bits per heavy atom. The van der Waals surface area contributed by atoms with E-state index in [1.807, 2.05) is 60.7 Å². The second-order valence-electron chi connectivity index (χ2n) is 9.06. The second kappa shape index (κ2) is 10.9. The maximum atomic E-state index is 13.2. The van der Waals surface area contributed by atoms with Crippen LogP contribution in [0.5, 0.6) is 0 Å². The third kappa shape index (κ3) is 5.04. The molecule has 1 heterocycles. The van der Waals surface area contributed by atoms with Crippen molar-refractivity contribution in [3.05, 3.63) is 113 Å². The highest BCUT2D eigenvalue weighted by molar-refractivity contribution is 6.34. The number of nitrogens with zero attached hydrogens (tertiary/aromatic N) is 1. The summed E-state index contributed by atoms with van der Waals surface area (Å²) >= 11 is 6.63. The first-order valence-electron chi connectivity index (χ1n) is 12.4. The topological polar surface area (TPSA) is 95.1 Å². The van der Waals surface area contributed by atoms with Crippen LogP contribution in [0.2, 0.25) is 5.02 Å². The Bertz CT molecular complexity index is 1600.